The molecule has 0 heterocycles. The van der Waals surface area contributed by atoms with Gasteiger partial charge in [0.05, 0.1) is 0 Å². The van der Waals surface area contributed by atoms with E-state index < -0.39 is 11.9 Å². The maximum atomic E-state index is 12.1. The van der Waals surface area contributed by atoms with Crippen LogP contribution in [0, 0.1) is 0 Å². The number of amides is 3. The molecule has 0 radical (unpaired) electrons. The van der Waals surface area contributed by atoms with Crippen LogP contribution < -0.4 is 5.32 Å². The van der Waals surface area contributed by atoms with Gasteiger partial charge in [-0.05, 0) is 24.6 Å². The number of nitrogens with zero attached hydrogens (tertiary/aromatic N) is 1. The average Bonchev–Trinajstić information content (AvgIpc) is 2.65. The van der Waals surface area contributed by atoms with Crippen molar-refractivity contribution in [2.75, 3.05) is 12.3 Å². The topological polar surface area (TPSA) is 49.4 Å². The van der Waals surface area contributed by atoms with Crippen LogP contribution in [0.25, 0.3) is 0 Å². The molecule has 0 bridgehead atoms. The Labute approximate surface area is 152 Å². The number of carbonyl (C=O) groups is 2. The van der Waals surface area contributed by atoms with Crippen LogP contribution in [0.2, 0.25) is 0 Å². The van der Waals surface area contributed by atoms with Gasteiger partial charge in [0, 0.05) is 23.1 Å². The Bertz CT molecular complexity index is 665. The lowest BCUT2D eigenvalue weighted by Crippen LogP contribution is -2.38. The van der Waals surface area contributed by atoms with E-state index in [1.807, 2.05) is 24.3 Å². The molecule has 6 heteroatoms. The van der Waals surface area contributed by atoms with E-state index in [4.69, 9.17) is 0 Å². The molecule has 0 aliphatic rings. The maximum Gasteiger partial charge on any atom is 0.334 e. The molecule has 0 fully saturated rings. The van der Waals surface area contributed by atoms with E-state index in [2.05, 4.69) is 37.2 Å². The summed E-state index contributed by atoms with van der Waals surface area (Å²) in [7, 11) is 0. The molecule has 24 heavy (non-hydrogen) atoms. The number of urea groups is 1. The molecular weight excluding hydrogens is 340 g/mol. The van der Waals surface area contributed by atoms with Gasteiger partial charge in [0.25, 0.3) is 5.91 Å². The van der Waals surface area contributed by atoms with Gasteiger partial charge in [-0.25, -0.2) is 9.10 Å². The van der Waals surface area contributed by atoms with Crippen molar-refractivity contribution < 1.29 is 9.59 Å². The molecule has 0 saturated carbocycles. The summed E-state index contributed by atoms with van der Waals surface area (Å²) in [6.45, 7) is 2.60. The second kappa shape index (κ2) is 9.39. The molecule has 0 aliphatic carbocycles. The molecule has 1 N–H and O–H groups in total. The van der Waals surface area contributed by atoms with Crippen LogP contribution in [-0.2, 0) is 0 Å². The van der Waals surface area contributed by atoms with E-state index in [1.165, 1.54) is 5.56 Å². The Morgan fingerprint density at radius 3 is 2.29 bits per heavy atom. The van der Waals surface area contributed by atoms with Crippen LogP contribution in [0.15, 0.2) is 60.7 Å². The van der Waals surface area contributed by atoms with Crippen LogP contribution in [0.3, 0.4) is 0 Å². The number of nitrogens with one attached hydrogen (secondary N) is 1. The highest BCUT2D eigenvalue weighted by Crippen LogP contribution is 2.27. The van der Waals surface area contributed by atoms with E-state index in [9.17, 15) is 9.59 Å². The minimum atomic E-state index is -0.514. The van der Waals surface area contributed by atoms with Gasteiger partial charge >= 0.3 is 6.03 Å². The van der Waals surface area contributed by atoms with E-state index >= 15 is 0 Å². The van der Waals surface area contributed by atoms with Crippen molar-refractivity contribution in [3.8, 4) is 0 Å². The molecule has 2 aromatic rings. The predicted molar refractivity (Wildman–Crippen MR) is 102 cm³/mol. The number of benzene rings is 2. The molecule has 126 valence electrons. The largest absolute Gasteiger partial charge is 0.336 e. The van der Waals surface area contributed by atoms with Crippen molar-refractivity contribution in [1.29, 1.82) is 0 Å². The lowest BCUT2D eigenvalue weighted by Gasteiger charge is -2.16. The first kappa shape index (κ1) is 18.4. The smallest absolute Gasteiger partial charge is 0.334 e. The van der Waals surface area contributed by atoms with E-state index in [-0.39, 0.29) is 0 Å². The first-order valence-electron chi connectivity index (χ1n) is 7.62. The van der Waals surface area contributed by atoms with Crippen LogP contribution in [0.5, 0.6) is 0 Å². The SMILES string of the molecule is CC(SCCNC(=O)N(S)C(=O)c1ccccc1)c1ccccc1. The van der Waals surface area contributed by atoms with E-state index in [0.717, 1.165) is 10.1 Å². The normalized spacial score (nSPS) is 11.6. The molecule has 2 aromatic carbocycles. The molecule has 0 aliphatic heterocycles. The van der Waals surface area contributed by atoms with Gasteiger partial charge < -0.3 is 5.32 Å². The lowest BCUT2D eigenvalue weighted by molar-refractivity contribution is 0.0896. The van der Waals surface area contributed by atoms with E-state index in [1.54, 1.807) is 36.0 Å². The van der Waals surface area contributed by atoms with Crippen molar-refractivity contribution >= 4 is 36.5 Å². The van der Waals surface area contributed by atoms with Gasteiger partial charge in [0.2, 0.25) is 0 Å². The zero-order chi connectivity index (χ0) is 17.4. The van der Waals surface area contributed by atoms with Crippen molar-refractivity contribution in [3.05, 3.63) is 71.8 Å². The third kappa shape index (κ3) is 5.32. The molecule has 1 atom stereocenters. The van der Waals surface area contributed by atoms with Crippen LogP contribution in [0.4, 0.5) is 4.79 Å². The number of imide groups is 1. The van der Waals surface area contributed by atoms with Gasteiger partial charge in [-0.2, -0.15) is 11.8 Å². The number of hydrogen-bond donors (Lipinski definition) is 2. The summed E-state index contributed by atoms with van der Waals surface area (Å²) in [5.41, 5.74) is 1.68. The highest BCUT2D eigenvalue weighted by atomic mass is 32.2. The van der Waals surface area contributed by atoms with Crippen LogP contribution >= 0.6 is 24.6 Å². The number of thiol groups is 1. The Morgan fingerprint density at radius 1 is 1.08 bits per heavy atom. The zero-order valence-electron chi connectivity index (χ0n) is 13.4. The third-order valence-electron chi connectivity index (χ3n) is 3.42. The predicted octanol–water partition coefficient (Wildman–Crippen LogP) is 4.18. The molecule has 3 amide bonds. The molecule has 2 rings (SSSR count). The summed E-state index contributed by atoms with van der Waals surface area (Å²) in [6, 6.07) is 18.3. The summed E-state index contributed by atoms with van der Waals surface area (Å²) >= 11 is 5.74. The second-order valence-corrected chi connectivity index (χ2v) is 6.99. The van der Waals surface area contributed by atoms with Crippen molar-refractivity contribution in [3.63, 3.8) is 0 Å². The Morgan fingerprint density at radius 2 is 1.67 bits per heavy atom. The highest BCUT2D eigenvalue weighted by Gasteiger charge is 2.19. The number of thioether (sulfide) groups is 1. The van der Waals surface area contributed by atoms with Crippen molar-refractivity contribution in [2.24, 2.45) is 0 Å². The Balaban J connectivity index is 1.74. The Hall–Kier alpha value is -1.92. The van der Waals surface area contributed by atoms with Crippen LogP contribution in [-0.4, -0.2) is 28.5 Å². The zero-order valence-corrected chi connectivity index (χ0v) is 15.1. The van der Waals surface area contributed by atoms with Crippen molar-refractivity contribution in [1.82, 2.24) is 9.62 Å². The summed E-state index contributed by atoms with van der Waals surface area (Å²) in [5.74, 6) is 0.310. The Kier molecular flexibility index (Phi) is 7.21. The molecule has 0 spiro atoms. The molecule has 0 saturated heterocycles. The second-order valence-electron chi connectivity index (χ2n) is 5.14. The lowest BCUT2D eigenvalue weighted by atomic mass is 10.2. The fourth-order valence-corrected chi connectivity index (χ4v) is 3.19. The molecule has 0 aromatic heterocycles. The fourth-order valence-electron chi connectivity index (χ4n) is 2.08. The standard InChI is InChI=1S/C18H20N2O2S2/c1-14(15-8-4-2-5-9-15)24-13-12-19-18(22)20(23)17(21)16-10-6-3-7-11-16/h2-11,14,23H,12-13H2,1H3,(H,19,22). The molecule has 4 nitrogen and oxygen atoms in total. The van der Waals surface area contributed by atoms with Gasteiger partial charge in [-0.15, -0.1) is 0 Å². The summed E-state index contributed by atoms with van der Waals surface area (Å²) < 4.78 is 0.806. The van der Waals surface area contributed by atoms with Gasteiger partial charge in [-0.1, -0.05) is 61.3 Å². The highest BCUT2D eigenvalue weighted by molar-refractivity contribution is 7.99. The number of carbonyl (C=O) groups excluding carboxylic acids is 2. The monoisotopic (exact) mass is 360 g/mol. The van der Waals surface area contributed by atoms with Gasteiger partial charge in [-0.3, -0.25) is 4.79 Å². The fraction of sp³-hybridized carbons (Fsp3) is 0.222. The first-order chi connectivity index (χ1) is 11.6. The minimum Gasteiger partial charge on any atom is -0.336 e. The minimum absolute atomic E-state index is 0.348. The molecular formula is C18H20N2O2S2. The van der Waals surface area contributed by atoms with Crippen molar-refractivity contribution in [2.45, 2.75) is 12.2 Å². The summed E-state index contributed by atoms with van der Waals surface area (Å²) in [6.07, 6.45) is 0. The summed E-state index contributed by atoms with van der Waals surface area (Å²) in [5, 5.41) is 3.06. The third-order valence-corrected chi connectivity index (χ3v) is 5.00. The first-order valence-corrected chi connectivity index (χ1v) is 9.07. The number of hydrogen-bond acceptors (Lipinski definition) is 4. The van der Waals surface area contributed by atoms with Gasteiger partial charge in [0.15, 0.2) is 0 Å². The quantitative estimate of drug-likeness (QED) is 0.600. The van der Waals surface area contributed by atoms with Crippen LogP contribution in [0.1, 0.15) is 28.1 Å². The number of rotatable bonds is 6. The maximum absolute atomic E-state index is 12.1. The average molecular weight is 361 g/mol. The summed E-state index contributed by atoms with van der Waals surface area (Å²) in [4.78, 5) is 24.1. The van der Waals surface area contributed by atoms with Gasteiger partial charge in [0.1, 0.15) is 0 Å². The molecule has 1 unspecified atom stereocenters. The van der Waals surface area contributed by atoms with E-state index in [0.29, 0.717) is 17.4 Å².